The van der Waals surface area contributed by atoms with Crippen molar-refractivity contribution >= 4 is 38.1 Å². The second-order valence-electron chi connectivity index (χ2n) is 8.69. The van der Waals surface area contributed by atoms with Gasteiger partial charge >= 0.3 is 0 Å². The molecule has 0 saturated carbocycles. The first-order valence-corrected chi connectivity index (χ1v) is 13.4. The lowest BCUT2D eigenvalue weighted by Crippen LogP contribution is -2.37. The third kappa shape index (κ3) is 5.25. The van der Waals surface area contributed by atoms with Crippen LogP contribution in [0.3, 0.4) is 0 Å². The van der Waals surface area contributed by atoms with Gasteiger partial charge in [0.2, 0.25) is 0 Å². The van der Waals surface area contributed by atoms with Crippen LogP contribution in [0.1, 0.15) is 16.9 Å². The van der Waals surface area contributed by atoms with Crippen LogP contribution in [-0.4, -0.2) is 57.0 Å². The number of sulfonamides is 1. The monoisotopic (exact) mass is 517 g/mol. The van der Waals surface area contributed by atoms with E-state index in [0.717, 1.165) is 23.4 Å². The molecule has 5 rings (SSSR count). The van der Waals surface area contributed by atoms with E-state index in [0.29, 0.717) is 25.0 Å². The predicted octanol–water partition coefficient (Wildman–Crippen LogP) is 3.49. The van der Waals surface area contributed by atoms with Crippen LogP contribution in [-0.2, 0) is 10.0 Å². The molecule has 3 heterocycles. The lowest BCUT2D eigenvalue weighted by atomic mass is 10.1. The minimum absolute atomic E-state index is 0.0769. The number of anilines is 2. The van der Waals surface area contributed by atoms with Crippen LogP contribution in [0.25, 0.3) is 10.9 Å². The summed E-state index contributed by atoms with van der Waals surface area (Å²) in [4.78, 5) is 23.9. The quantitative estimate of drug-likeness (QED) is 0.358. The Morgan fingerprint density at radius 1 is 1.03 bits per heavy atom. The normalized spacial score (nSPS) is 16.2. The molecular weight excluding hydrogens is 490 g/mol. The zero-order valence-electron chi connectivity index (χ0n) is 20.3. The van der Waals surface area contributed by atoms with Crippen molar-refractivity contribution < 1.29 is 17.9 Å². The number of ether oxygens (including phenoxy) is 1. The molecule has 1 unspecified atom stereocenters. The maximum absolute atomic E-state index is 13.2. The number of fused-ring (bicyclic) bond motifs is 1. The van der Waals surface area contributed by atoms with Crippen molar-refractivity contribution in [3.63, 3.8) is 0 Å². The molecule has 0 amide bonds. The number of benzene rings is 2. The van der Waals surface area contributed by atoms with E-state index in [9.17, 15) is 13.2 Å². The number of carbonyl (C=O) groups is 1. The van der Waals surface area contributed by atoms with Gasteiger partial charge in [0.15, 0.2) is 5.78 Å². The molecule has 0 aliphatic carbocycles. The number of carbonyl (C=O) groups excluding carboxylic acids is 1. The summed E-state index contributed by atoms with van der Waals surface area (Å²) in [7, 11) is -2.25. The number of para-hydroxylation sites is 3. The molecule has 1 fully saturated rings. The van der Waals surface area contributed by atoms with E-state index < -0.39 is 16.1 Å². The average Bonchev–Trinajstić information content (AvgIpc) is 3.19. The van der Waals surface area contributed by atoms with Crippen LogP contribution in [0, 0.1) is 0 Å². The van der Waals surface area contributed by atoms with Gasteiger partial charge < -0.3 is 15.0 Å². The molecule has 2 N–H and O–H groups in total. The summed E-state index contributed by atoms with van der Waals surface area (Å²) in [6.45, 7) is 2.05. The number of methoxy groups -OCH3 is 1. The van der Waals surface area contributed by atoms with Crippen molar-refractivity contribution in [1.82, 2.24) is 15.3 Å². The fraction of sp³-hybridized carbons (Fsp3) is 0.222. The second-order valence-corrected chi connectivity index (χ2v) is 10.3. The molecule has 1 aliphatic rings. The van der Waals surface area contributed by atoms with Gasteiger partial charge in [-0.15, -0.1) is 0 Å². The molecule has 0 spiro atoms. The first-order valence-electron chi connectivity index (χ1n) is 11.9. The van der Waals surface area contributed by atoms with Crippen molar-refractivity contribution in [1.29, 1.82) is 0 Å². The second kappa shape index (κ2) is 10.5. The maximum Gasteiger partial charge on any atom is 0.264 e. The van der Waals surface area contributed by atoms with E-state index >= 15 is 0 Å². The number of hydrogen-bond acceptors (Lipinski definition) is 8. The molecule has 0 radical (unpaired) electrons. The Kier molecular flexibility index (Phi) is 7.02. The van der Waals surface area contributed by atoms with Crippen LogP contribution >= 0.6 is 0 Å². The fourth-order valence-corrected chi connectivity index (χ4v) is 5.73. The van der Waals surface area contributed by atoms with Crippen LogP contribution < -0.4 is 19.7 Å². The summed E-state index contributed by atoms with van der Waals surface area (Å²) in [5, 5.41) is 4.04. The van der Waals surface area contributed by atoms with Crippen molar-refractivity contribution in [2.75, 3.05) is 36.4 Å². The smallest absolute Gasteiger partial charge is 0.264 e. The van der Waals surface area contributed by atoms with Gasteiger partial charge in [-0.2, -0.15) is 0 Å². The van der Waals surface area contributed by atoms with E-state index in [1.807, 2.05) is 24.3 Å². The molecule has 9 nitrogen and oxygen atoms in total. The largest absolute Gasteiger partial charge is 0.495 e. The van der Waals surface area contributed by atoms with Gasteiger partial charge in [-0.3, -0.25) is 19.5 Å². The van der Waals surface area contributed by atoms with E-state index in [4.69, 9.17) is 4.74 Å². The summed E-state index contributed by atoms with van der Waals surface area (Å²) in [6.07, 6.45) is 3.52. The number of pyridine rings is 2. The summed E-state index contributed by atoms with van der Waals surface area (Å²) in [5.41, 5.74) is 1.92. The number of rotatable bonds is 7. The highest BCUT2D eigenvalue weighted by Crippen LogP contribution is 2.28. The van der Waals surface area contributed by atoms with Crippen molar-refractivity contribution in [2.45, 2.75) is 17.4 Å². The lowest BCUT2D eigenvalue weighted by molar-refractivity contribution is 0.0937. The highest BCUT2D eigenvalue weighted by molar-refractivity contribution is 7.93. The number of ketones is 1. The van der Waals surface area contributed by atoms with Gasteiger partial charge in [-0.1, -0.05) is 30.3 Å². The van der Waals surface area contributed by atoms with Gasteiger partial charge in [0.1, 0.15) is 16.3 Å². The van der Waals surface area contributed by atoms with Gasteiger partial charge in [-0.05, 0) is 42.8 Å². The molecule has 2 aromatic heterocycles. The number of hydrogen-bond donors (Lipinski definition) is 2. The minimum Gasteiger partial charge on any atom is -0.495 e. The standard InChI is InChI=1S/C27H27N5O4S/c1-36-24-9-3-2-8-23(24)32-16-13-22(28-15-17-32)27(33)21-12-11-20(18-30-21)31-37(34,35)25-10-4-6-19-7-5-14-29-26(19)25/h2-12,14,18,22,28,31H,13,15-17H2,1H3. The Morgan fingerprint density at radius 2 is 1.86 bits per heavy atom. The molecule has 2 aromatic carbocycles. The number of nitrogens with zero attached hydrogens (tertiary/aromatic N) is 3. The van der Waals surface area contributed by atoms with Crippen LogP contribution in [0.5, 0.6) is 5.75 Å². The molecule has 10 heteroatoms. The van der Waals surface area contributed by atoms with E-state index in [1.165, 1.54) is 12.3 Å². The molecule has 37 heavy (non-hydrogen) atoms. The summed E-state index contributed by atoms with van der Waals surface area (Å²) in [5.74, 6) is 0.667. The van der Waals surface area contributed by atoms with Crippen molar-refractivity contribution in [3.05, 3.63) is 84.8 Å². The zero-order chi connectivity index (χ0) is 25.8. The minimum atomic E-state index is -3.90. The lowest BCUT2D eigenvalue weighted by Gasteiger charge is -2.24. The Bertz CT molecular complexity index is 1520. The van der Waals surface area contributed by atoms with Crippen LogP contribution in [0.2, 0.25) is 0 Å². The molecule has 1 atom stereocenters. The summed E-state index contributed by atoms with van der Waals surface area (Å²) < 4.78 is 34.1. The Labute approximate surface area is 215 Å². The molecule has 4 aromatic rings. The third-order valence-corrected chi connectivity index (χ3v) is 7.77. The predicted molar refractivity (Wildman–Crippen MR) is 143 cm³/mol. The van der Waals surface area contributed by atoms with Crippen LogP contribution in [0.4, 0.5) is 11.4 Å². The summed E-state index contributed by atoms with van der Waals surface area (Å²) in [6, 6.07) is 19.1. The molecule has 190 valence electrons. The summed E-state index contributed by atoms with van der Waals surface area (Å²) >= 11 is 0. The molecule has 1 aliphatic heterocycles. The topological polar surface area (TPSA) is 114 Å². The Hall–Kier alpha value is -4.02. The van der Waals surface area contributed by atoms with Gasteiger partial charge in [0, 0.05) is 31.2 Å². The molecular formula is C27H27N5O4S. The Balaban J connectivity index is 1.27. The van der Waals surface area contributed by atoms with Crippen LogP contribution in [0.15, 0.2) is 84.0 Å². The highest BCUT2D eigenvalue weighted by Gasteiger charge is 2.26. The van der Waals surface area contributed by atoms with Crippen molar-refractivity contribution in [3.8, 4) is 5.75 Å². The zero-order valence-corrected chi connectivity index (χ0v) is 21.1. The van der Waals surface area contributed by atoms with Gasteiger partial charge in [0.25, 0.3) is 10.0 Å². The third-order valence-electron chi connectivity index (χ3n) is 6.36. The van der Waals surface area contributed by atoms with E-state index in [-0.39, 0.29) is 22.1 Å². The van der Waals surface area contributed by atoms with E-state index in [1.54, 1.807) is 49.7 Å². The number of nitrogens with one attached hydrogen (secondary N) is 2. The maximum atomic E-state index is 13.2. The van der Waals surface area contributed by atoms with Gasteiger partial charge in [0.05, 0.1) is 36.2 Å². The van der Waals surface area contributed by atoms with Gasteiger partial charge in [-0.25, -0.2) is 8.42 Å². The SMILES string of the molecule is COc1ccccc1N1CCNC(C(=O)c2ccc(NS(=O)(=O)c3cccc4cccnc34)cn2)CC1. The first-order chi connectivity index (χ1) is 18.0. The van der Waals surface area contributed by atoms with Crippen molar-refractivity contribution in [2.24, 2.45) is 0 Å². The average molecular weight is 518 g/mol. The Morgan fingerprint density at radius 3 is 2.68 bits per heavy atom. The molecule has 1 saturated heterocycles. The number of Topliss-reactive ketones (excluding diaryl/α,β-unsaturated/α-hetero) is 1. The molecule has 0 bridgehead atoms. The number of aromatic nitrogens is 2. The highest BCUT2D eigenvalue weighted by atomic mass is 32.2. The fourth-order valence-electron chi connectivity index (χ4n) is 4.51. The van der Waals surface area contributed by atoms with E-state index in [2.05, 4.69) is 24.9 Å². The first kappa shape index (κ1) is 24.7.